The predicted molar refractivity (Wildman–Crippen MR) is 86.8 cm³/mol. The van der Waals surface area contributed by atoms with Crippen LogP contribution in [0.2, 0.25) is 5.02 Å². The summed E-state index contributed by atoms with van der Waals surface area (Å²) >= 11 is 6.12. The molecule has 22 heavy (non-hydrogen) atoms. The van der Waals surface area contributed by atoms with Gasteiger partial charge in [-0.05, 0) is 42.5 Å². The third-order valence-corrected chi connectivity index (χ3v) is 3.20. The Hall–Kier alpha value is -2.53. The molecule has 0 bridgehead atoms. The zero-order chi connectivity index (χ0) is 16.1. The highest BCUT2D eigenvalue weighted by Gasteiger charge is 2.09. The highest BCUT2D eigenvalue weighted by Crippen LogP contribution is 2.27. The van der Waals surface area contributed by atoms with Crippen LogP contribution in [-0.2, 0) is 9.53 Å². The molecule has 0 aromatic heterocycles. The van der Waals surface area contributed by atoms with E-state index in [1.54, 1.807) is 42.5 Å². The van der Waals surface area contributed by atoms with Crippen molar-refractivity contribution in [3.05, 3.63) is 53.1 Å². The summed E-state index contributed by atoms with van der Waals surface area (Å²) in [5.41, 5.74) is 2.48. The molecule has 2 N–H and O–H groups in total. The molecule has 0 aliphatic carbocycles. The molecule has 0 saturated heterocycles. The largest absolute Gasteiger partial charge is 0.465 e. The maximum absolute atomic E-state index is 11.5. The molecule has 5 nitrogen and oxygen atoms in total. The number of ether oxygens (including phenoxy) is 1. The summed E-state index contributed by atoms with van der Waals surface area (Å²) in [6, 6.07) is 12.0. The molecule has 0 radical (unpaired) electrons. The van der Waals surface area contributed by atoms with E-state index in [0.717, 1.165) is 5.69 Å². The van der Waals surface area contributed by atoms with Crippen molar-refractivity contribution in [3.8, 4) is 0 Å². The molecule has 2 aromatic carbocycles. The number of carbonyl (C=O) groups excluding carboxylic acids is 2. The first-order valence-corrected chi connectivity index (χ1v) is 6.90. The van der Waals surface area contributed by atoms with Crippen LogP contribution in [0.1, 0.15) is 17.3 Å². The minimum absolute atomic E-state index is 0.130. The maximum Gasteiger partial charge on any atom is 0.337 e. The number of hydrogen-bond acceptors (Lipinski definition) is 4. The molecule has 2 rings (SSSR count). The summed E-state index contributed by atoms with van der Waals surface area (Å²) in [5, 5.41) is 6.29. The third kappa shape index (κ3) is 3.99. The van der Waals surface area contributed by atoms with Crippen LogP contribution in [0.4, 0.5) is 17.1 Å². The van der Waals surface area contributed by atoms with Gasteiger partial charge >= 0.3 is 5.97 Å². The second-order valence-corrected chi connectivity index (χ2v) is 4.98. The van der Waals surface area contributed by atoms with Crippen LogP contribution in [0.3, 0.4) is 0 Å². The Balaban J connectivity index is 2.19. The molecule has 0 atom stereocenters. The van der Waals surface area contributed by atoms with E-state index in [-0.39, 0.29) is 5.91 Å². The number of esters is 1. The van der Waals surface area contributed by atoms with Crippen molar-refractivity contribution in [1.82, 2.24) is 0 Å². The maximum atomic E-state index is 11.5. The Morgan fingerprint density at radius 1 is 1.05 bits per heavy atom. The van der Waals surface area contributed by atoms with E-state index in [9.17, 15) is 9.59 Å². The number of hydrogen-bond donors (Lipinski definition) is 2. The first-order chi connectivity index (χ1) is 10.5. The fraction of sp³-hybridized carbons (Fsp3) is 0.125. The van der Waals surface area contributed by atoms with Crippen LogP contribution in [0.25, 0.3) is 0 Å². The van der Waals surface area contributed by atoms with E-state index >= 15 is 0 Å². The molecule has 6 heteroatoms. The normalized spacial score (nSPS) is 9.95. The van der Waals surface area contributed by atoms with Crippen LogP contribution in [0, 0.1) is 0 Å². The smallest absolute Gasteiger partial charge is 0.337 e. The summed E-state index contributed by atoms with van der Waals surface area (Å²) in [6.07, 6.45) is 0. The second-order valence-electron chi connectivity index (χ2n) is 4.57. The molecular formula is C16H15ClN2O3. The van der Waals surface area contributed by atoms with Gasteiger partial charge in [0.2, 0.25) is 5.91 Å². The Labute approximate surface area is 133 Å². The van der Waals surface area contributed by atoms with Gasteiger partial charge in [-0.15, -0.1) is 0 Å². The number of rotatable bonds is 4. The number of nitrogens with one attached hydrogen (secondary N) is 2. The van der Waals surface area contributed by atoms with E-state index in [2.05, 4.69) is 15.4 Å². The van der Waals surface area contributed by atoms with Crippen molar-refractivity contribution < 1.29 is 14.3 Å². The van der Waals surface area contributed by atoms with E-state index in [1.165, 1.54) is 14.0 Å². The fourth-order valence-electron chi connectivity index (χ4n) is 1.86. The lowest BCUT2D eigenvalue weighted by molar-refractivity contribution is -0.114. The van der Waals surface area contributed by atoms with Gasteiger partial charge in [0.05, 0.1) is 23.4 Å². The zero-order valence-corrected chi connectivity index (χ0v) is 12.9. The Morgan fingerprint density at radius 3 is 2.27 bits per heavy atom. The molecule has 0 fully saturated rings. The van der Waals surface area contributed by atoms with E-state index in [1.807, 2.05) is 0 Å². The number of methoxy groups -OCH3 is 1. The Bertz CT molecular complexity index is 699. The van der Waals surface area contributed by atoms with Gasteiger partial charge in [-0.3, -0.25) is 4.79 Å². The predicted octanol–water partition coefficient (Wildman–Crippen LogP) is 3.83. The van der Waals surface area contributed by atoms with Gasteiger partial charge in [-0.2, -0.15) is 0 Å². The SMILES string of the molecule is COC(=O)c1ccc(Cl)c(Nc2ccc(NC(C)=O)cc2)c1. The van der Waals surface area contributed by atoms with Gasteiger partial charge in [0.25, 0.3) is 0 Å². The topological polar surface area (TPSA) is 67.4 Å². The summed E-state index contributed by atoms with van der Waals surface area (Å²) in [5.74, 6) is -0.560. The molecule has 0 unspecified atom stereocenters. The highest BCUT2D eigenvalue weighted by molar-refractivity contribution is 6.33. The van der Waals surface area contributed by atoms with Gasteiger partial charge in [0, 0.05) is 18.3 Å². The standard InChI is InChI=1S/C16H15ClN2O3/c1-10(20)18-12-4-6-13(7-5-12)19-15-9-11(16(21)22-2)3-8-14(15)17/h3-9,19H,1-2H3,(H,18,20). The average Bonchev–Trinajstić information content (AvgIpc) is 2.50. The molecule has 0 aliphatic heterocycles. The van der Waals surface area contributed by atoms with Crippen molar-refractivity contribution >= 4 is 40.5 Å². The quantitative estimate of drug-likeness (QED) is 0.841. The molecule has 1 amide bonds. The molecular weight excluding hydrogens is 304 g/mol. The van der Waals surface area contributed by atoms with Gasteiger partial charge in [0.1, 0.15) is 0 Å². The summed E-state index contributed by atoms with van der Waals surface area (Å²) in [4.78, 5) is 22.5. The van der Waals surface area contributed by atoms with Crippen LogP contribution in [0.5, 0.6) is 0 Å². The minimum atomic E-state index is -0.430. The van der Waals surface area contributed by atoms with Crippen molar-refractivity contribution in [2.45, 2.75) is 6.92 Å². The molecule has 0 spiro atoms. The van der Waals surface area contributed by atoms with Crippen molar-refractivity contribution in [1.29, 1.82) is 0 Å². The average molecular weight is 319 g/mol. The lowest BCUT2D eigenvalue weighted by atomic mass is 10.2. The van der Waals surface area contributed by atoms with E-state index in [0.29, 0.717) is 22.0 Å². The van der Waals surface area contributed by atoms with Crippen LogP contribution >= 0.6 is 11.6 Å². The van der Waals surface area contributed by atoms with Gasteiger partial charge < -0.3 is 15.4 Å². The summed E-state index contributed by atoms with van der Waals surface area (Å²) in [6.45, 7) is 1.45. The molecule has 0 aliphatic rings. The Morgan fingerprint density at radius 2 is 1.68 bits per heavy atom. The third-order valence-electron chi connectivity index (χ3n) is 2.87. The first-order valence-electron chi connectivity index (χ1n) is 6.52. The molecule has 2 aromatic rings. The van der Waals surface area contributed by atoms with Crippen LogP contribution in [0.15, 0.2) is 42.5 Å². The number of halogens is 1. The lowest BCUT2D eigenvalue weighted by Crippen LogP contribution is -2.05. The number of benzene rings is 2. The zero-order valence-electron chi connectivity index (χ0n) is 12.1. The molecule has 0 heterocycles. The van der Waals surface area contributed by atoms with Crippen molar-refractivity contribution in [2.24, 2.45) is 0 Å². The summed E-state index contributed by atoms with van der Waals surface area (Å²) in [7, 11) is 1.32. The van der Waals surface area contributed by atoms with Gasteiger partial charge in [-0.25, -0.2) is 4.79 Å². The number of carbonyl (C=O) groups is 2. The van der Waals surface area contributed by atoms with E-state index in [4.69, 9.17) is 11.6 Å². The van der Waals surface area contributed by atoms with Gasteiger partial charge in [-0.1, -0.05) is 11.6 Å². The highest BCUT2D eigenvalue weighted by atomic mass is 35.5. The first kappa shape index (κ1) is 15.9. The second kappa shape index (κ2) is 6.95. The minimum Gasteiger partial charge on any atom is -0.465 e. The monoisotopic (exact) mass is 318 g/mol. The number of amides is 1. The fourth-order valence-corrected chi connectivity index (χ4v) is 2.03. The van der Waals surface area contributed by atoms with Crippen LogP contribution < -0.4 is 10.6 Å². The van der Waals surface area contributed by atoms with Crippen molar-refractivity contribution in [3.63, 3.8) is 0 Å². The Kier molecular flexibility index (Phi) is 5.01. The lowest BCUT2D eigenvalue weighted by Gasteiger charge is -2.11. The van der Waals surface area contributed by atoms with Crippen molar-refractivity contribution in [2.75, 3.05) is 17.7 Å². The number of anilines is 3. The molecule has 0 saturated carbocycles. The summed E-state index contributed by atoms with van der Waals surface area (Å²) < 4.78 is 4.68. The van der Waals surface area contributed by atoms with Gasteiger partial charge in [0.15, 0.2) is 0 Å². The van der Waals surface area contributed by atoms with E-state index < -0.39 is 5.97 Å². The van der Waals surface area contributed by atoms with Crippen LogP contribution in [-0.4, -0.2) is 19.0 Å². The molecule has 114 valence electrons.